The van der Waals surface area contributed by atoms with Crippen LogP contribution in [-0.2, 0) is 0 Å². The van der Waals surface area contributed by atoms with E-state index in [1.165, 1.54) is 0 Å². The number of nitrogens with zero attached hydrogens (tertiary/aromatic N) is 4. The molecule has 0 spiro atoms. The fourth-order valence-corrected chi connectivity index (χ4v) is 5.19. The third kappa shape index (κ3) is 5.67. The molecule has 0 N–H and O–H groups in total. The highest BCUT2D eigenvalue weighted by Gasteiger charge is 2.20. The lowest BCUT2D eigenvalue weighted by molar-refractivity contribution is 1.02. The highest BCUT2D eigenvalue weighted by Crippen LogP contribution is 2.38. The maximum Gasteiger partial charge on any atom is 0.238 e. The molecule has 0 amide bonds. The molecule has 0 aliphatic heterocycles. The lowest BCUT2D eigenvalue weighted by atomic mass is 10.0. The van der Waals surface area contributed by atoms with Crippen molar-refractivity contribution in [2.75, 3.05) is 4.90 Å². The summed E-state index contributed by atoms with van der Waals surface area (Å²) >= 11 is 0. The average molecular weight is 553 g/mol. The molecule has 0 atom stereocenters. The van der Waals surface area contributed by atoms with E-state index in [9.17, 15) is 0 Å². The van der Waals surface area contributed by atoms with Gasteiger partial charge in [0.2, 0.25) is 5.95 Å². The van der Waals surface area contributed by atoms with Crippen LogP contribution in [0.4, 0.5) is 17.3 Å². The zero-order valence-electron chi connectivity index (χ0n) is 23.5. The highest BCUT2D eigenvalue weighted by molar-refractivity contribution is 5.81. The van der Waals surface area contributed by atoms with Gasteiger partial charge < -0.3 is 0 Å². The number of anilines is 3. The minimum atomic E-state index is 0.545. The van der Waals surface area contributed by atoms with Crippen molar-refractivity contribution in [1.82, 2.24) is 15.0 Å². The predicted molar refractivity (Wildman–Crippen MR) is 176 cm³/mol. The van der Waals surface area contributed by atoms with Crippen LogP contribution in [0.5, 0.6) is 0 Å². The molecule has 204 valence electrons. The van der Waals surface area contributed by atoms with Gasteiger partial charge in [0.25, 0.3) is 0 Å². The van der Waals surface area contributed by atoms with Crippen molar-refractivity contribution in [1.29, 1.82) is 0 Å². The van der Waals surface area contributed by atoms with Gasteiger partial charge in [0.1, 0.15) is 0 Å². The van der Waals surface area contributed by atoms with Crippen LogP contribution in [0, 0.1) is 0 Å². The van der Waals surface area contributed by atoms with Crippen molar-refractivity contribution >= 4 is 17.3 Å². The molecule has 0 radical (unpaired) electrons. The molecule has 0 saturated heterocycles. The molecule has 0 aliphatic rings. The van der Waals surface area contributed by atoms with E-state index >= 15 is 0 Å². The van der Waals surface area contributed by atoms with Gasteiger partial charge in [0.05, 0.1) is 0 Å². The maximum absolute atomic E-state index is 5.09. The molecule has 7 aromatic rings. The molecule has 1 aromatic heterocycles. The van der Waals surface area contributed by atoms with Crippen LogP contribution >= 0.6 is 0 Å². The summed E-state index contributed by atoms with van der Waals surface area (Å²) in [6.45, 7) is 0. The van der Waals surface area contributed by atoms with E-state index in [4.69, 9.17) is 15.0 Å². The summed E-state index contributed by atoms with van der Waals surface area (Å²) < 4.78 is 0. The van der Waals surface area contributed by atoms with Gasteiger partial charge in [0.15, 0.2) is 11.6 Å². The summed E-state index contributed by atoms with van der Waals surface area (Å²) in [5.41, 5.74) is 8.29. The van der Waals surface area contributed by atoms with Crippen LogP contribution in [0.25, 0.3) is 45.0 Å². The fraction of sp³-hybridized carbons (Fsp3) is 0. The second-order valence-corrected chi connectivity index (χ2v) is 10.2. The summed E-state index contributed by atoms with van der Waals surface area (Å²) in [5.74, 6) is 1.78. The van der Waals surface area contributed by atoms with Crippen molar-refractivity contribution < 1.29 is 0 Å². The van der Waals surface area contributed by atoms with Crippen molar-refractivity contribution in [3.8, 4) is 45.0 Å². The third-order valence-corrected chi connectivity index (χ3v) is 7.31. The Bertz CT molecular complexity index is 1820. The summed E-state index contributed by atoms with van der Waals surface area (Å²) in [5, 5.41) is 0. The van der Waals surface area contributed by atoms with E-state index in [2.05, 4.69) is 102 Å². The molecule has 7 rings (SSSR count). The van der Waals surface area contributed by atoms with Crippen molar-refractivity contribution in [3.63, 3.8) is 0 Å². The Balaban J connectivity index is 1.46. The molecule has 43 heavy (non-hydrogen) atoms. The number of rotatable bonds is 7. The van der Waals surface area contributed by atoms with Crippen molar-refractivity contribution in [3.05, 3.63) is 170 Å². The molecule has 0 aliphatic carbocycles. The smallest absolute Gasteiger partial charge is 0.238 e. The number of benzene rings is 6. The van der Waals surface area contributed by atoms with Gasteiger partial charge in [-0.15, -0.1) is 0 Å². The van der Waals surface area contributed by atoms with Crippen LogP contribution < -0.4 is 4.90 Å². The number of hydrogen-bond donors (Lipinski definition) is 0. The van der Waals surface area contributed by atoms with Gasteiger partial charge in [-0.3, -0.25) is 4.90 Å². The zero-order valence-corrected chi connectivity index (χ0v) is 23.5. The van der Waals surface area contributed by atoms with Gasteiger partial charge in [-0.25, -0.2) is 4.98 Å². The monoisotopic (exact) mass is 552 g/mol. The molecule has 1 heterocycles. The Morgan fingerprint density at radius 3 is 1.05 bits per heavy atom. The van der Waals surface area contributed by atoms with Gasteiger partial charge in [-0.05, 0) is 46.5 Å². The Hall–Kier alpha value is -5.87. The van der Waals surface area contributed by atoms with Crippen LogP contribution in [0.15, 0.2) is 170 Å². The quantitative estimate of drug-likeness (QED) is 0.197. The van der Waals surface area contributed by atoms with Crippen LogP contribution in [0.1, 0.15) is 0 Å². The molecular formula is C39H28N4. The second-order valence-electron chi connectivity index (χ2n) is 10.2. The first-order valence-corrected chi connectivity index (χ1v) is 14.3. The first-order chi connectivity index (χ1) is 21.3. The molecule has 6 aromatic carbocycles. The van der Waals surface area contributed by atoms with Crippen LogP contribution in [0.2, 0.25) is 0 Å². The zero-order chi connectivity index (χ0) is 28.8. The van der Waals surface area contributed by atoms with Crippen molar-refractivity contribution in [2.24, 2.45) is 0 Å². The van der Waals surface area contributed by atoms with E-state index < -0.39 is 0 Å². The first kappa shape index (κ1) is 26.1. The molecule has 0 fully saturated rings. The van der Waals surface area contributed by atoms with E-state index in [-0.39, 0.29) is 0 Å². The summed E-state index contributed by atoms with van der Waals surface area (Å²) in [6.07, 6.45) is 0. The Labute approximate surface area is 251 Å². The molecule has 0 bridgehead atoms. The largest absolute Gasteiger partial charge is 0.279 e. The Morgan fingerprint density at radius 1 is 0.302 bits per heavy atom. The molecule has 0 unspecified atom stereocenters. The Morgan fingerprint density at radius 2 is 0.651 bits per heavy atom. The second kappa shape index (κ2) is 11.9. The summed E-state index contributed by atoms with van der Waals surface area (Å²) in [6, 6.07) is 58.0. The van der Waals surface area contributed by atoms with Crippen LogP contribution in [-0.4, -0.2) is 15.0 Å². The van der Waals surface area contributed by atoms with Crippen LogP contribution in [0.3, 0.4) is 0 Å². The molecule has 0 saturated carbocycles. The normalized spacial score (nSPS) is 10.8. The molecular weight excluding hydrogens is 524 g/mol. The van der Waals surface area contributed by atoms with Gasteiger partial charge in [-0.2, -0.15) is 9.97 Å². The SMILES string of the molecule is c1ccc(-c2cccc(N(c3cccc(-c4ccccc4)c3)c3nc(-c4ccccc4)nc(-c4ccccc4)n3)c2)cc1. The van der Waals surface area contributed by atoms with Gasteiger partial charge in [-0.1, -0.05) is 146 Å². The van der Waals surface area contributed by atoms with E-state index in [0.29, 0.717) is 17.6 Å². The summed E-state index contributed by atoms with van der Waals surface area (Å²) in [4.78, 5) is 17.2. The van der Waals surface area contributed by atoms with Gasteiger partial charge >= 0.3 is 0 Å². The summed E-state index contributed by atoms with van der Waals surface area (Å²) in [7, 11) is 0. The third-order valence-electron chi connectivity index (χ3n) is 7.31. The van der Waals surface area contributed by atoms with E-state index in [0.717, 1.165) is 44.8 Å². The highest BCUT2D eigenvalue weighted by atomic mass is 15.3. The topological polar surface area (TPSA) is 41.9 Å². The first-order valence-electron chi connectivity index (χ1n) is 14.3. The van der Waals surface area contributed by atoms with Crippen molar-refractivity contribution in [2.45, 2.75) is 0 Å². The molecule has 4 heteroatoms. The maximum atomic E-state index is 5.09. The van der Waals surface area contributed by atoms with E-state index in [1.54, 1.807) is 0 Å². The minimum Gasteiger partial charge on any atom is -0.279 e. The standard InChI is InChI=1S/C39H28N4/c1-5-15-29(16-6-1)33-23-13-25-35(27-33)43(36-26-14-24-34(28-36)30-17-7-2-8-18-30)39-41-37(31-19-9-3-10-20-31)40-38(42-39)32-21-11-4-12-22-32/h1-28H. The average Bonchev–Trinajstić information content (AvgIpc) is 3.10. The number of hydrogen-bond acceptors (Lipinski definition) is 4. The van der Waals surface area contributed by atoms with E-state index in [1.807, 2.05) is 72.8 Å². The lowest BCUT2D eigenvalue weighted by Gasteiger charge is -2.25. The number of aromatic nitrogens is 3. The van der Waals surface area contributed by atoms with Gasteiger partial charge in [0, 0.05) is 22.5 Å². The molecule has 4 nitrogen and oxygen atoms in total. The Kier molecular flexibility index (Phi) is 7.23. The fourth-order valence-electron chi connectivity index (χ4n) is 5.19. The minimum absolute atomic E-state index is 0.545. The lowest BCUT2D eigenvalue weighted by Crippen LogP contribution is -2.15. The predicted octanol–water partition coefficient (Wildman–Crippen LogP) is 10.0.